The Morgan fingerprint density at radius 1 is 1.12 bits per heavy atom. The monoisotopic (exact) mass is 229 g/mol. The Balaban J connectivity index is 4.46. The summed E-state index contributed by atoms with van der Waals surface area (Å²) in [7, 11) is 0. The smallest absolute Gasteiger partial charge is 0.326 e. The van der Waals surface area contributed by atoms with Crippen molar-refractivity contribution in [2.45, 2.75) is 40.2 Å². The second-order valence-corrected chi connectivity index (χ2v) is 4.51. The summed E-state index contributed by atoms with van der Waals surface area (Å²) in [5.41, 5.74) is 0. The normalized spacial score (nSPS) is 12.6. The van der Waals surface area contributed by atoms with E-state index in [1.54, 1.807) is 13.8 Å². The molecule has 0 aromatic rings. The van der Waals surface area contributed by atoms with Crippen molar-refractivity contribution in [2.75, 3.05) is 0 Å². The predicted octanol–water partition coefficient (Wildman–Crippen LogP) is 0.827. The maximum absolute atomic E-state index is 11.4. The van der Waals surface area contributed by atoms with E-state index >= 15 is 0 Å². The highest BCUT2D eigenvalue weighted by atomic mass is 16.4. The number of carbonyl (C=O) groups is 3. The quantitative estimate of drug-likeness (QED) is 0.661. The van der Waals surface area contributed by atoms with E-state index in [0.29, 0.717) is 6.42 Å². The van der Waals surface area contributed by atoms with Crippen LogP contribution in [0.15, 0.2) is 0 Å². The highest BCUT2D eigenvalue weighted by Crippen LogP contribution is 2.05. The molecule has 0 aliphatic carbocycles. The van der Waals surface area contributed by atoms with Crippen molar-refractivity contribution in [3.05, 3.63) is 0 Å². The van der Waals surface area contributed by atoms with E-state index in [2.05, 4.69) is 5.32 Å². The molecular formula is C11H19NO4. The lowest BCUT2D eigenvalue weighted by Crippen LogP contribution is -2.45. The molecule has 1 amide bonds. The number of rotatable bonds is 6. The Bertz CT molecular complexity index is 284. The van der Waals surface area contributed by atoms with E-state index < -0.39 is 29.6 Å². The Hall–Kier alpha value is -1.39. The minimum absolute atomic E-state index is 0.135. The standard InChI is InChI=1S/C11H19NO4/c1-6(2)5-8(11(15)16)12-10(14)9(13)7(3)4/h6-8H,5H2,1-4H3,(H,12,14)(H,15,16)/t8-/m0/s1. The Labute approximate surface area is 95.2 Å². The molecule has 0 saturated carbocycles. The molecule has 0 unspecified atom stereocenters. The Kier molecular flexibility index (Phi) is 5.71. The van der Waals surface area contributed by atoms with Gasteiger partial charge in [0.2, 0.25) is 5.78 Å². The van der Waals surface area contributed by atoms with Crippen LogP contribution in [0.2, 0.25) is 0 Å². The first kappa shape index (κ1) is 14.6. The van der Waals surface area contributed by atoms with Gasteiger partial charge >= 0.3 is 5.97 Å². The first-order valence-corrected chi connectivity index (χ1v) is 5.33. The summed E-state index contributed by atoms with van der Waals surface area (Å²) in [6.45, 7) is 6.90. The molecule has 0 bridgehead atoms. The molecule has 2 N–H and O–H groups in total. The summed E-state index contributed by atoms with van der Waals surface area (Å²) in [5.74, 6) is -2.80. The van der Waals surface area contributed by atoms with Gasteiger partial charge in [-0.15, -0.1) is 0 Å². The van der Waals surface area contributed by atoms with Crippen LogP contribution in [0.3, 0.4) is 0 Å². The number of hydrogen-bond donors (Lipinski definition) is 2. The fourth-order valence-corrected chi connectivity index (χ4v) is 1.18. The van der Waals surface area contributed by atoms with Crippen LogP contribution < -0.4 is 5.32 Å². The highest BCUT2D eigenvalue weighted by Gasteiger charge is 2.25. The van der Waals surface area contributed by atoms with Gasteiger partial charge in [0.1, 0.15) is 6.04 Å². The molecule has 0 aliphatic rings. The molecule has 92 valence electrons. The minimum atomic E-state index is -1.11. The van der Waals surface area contributed by atoms with Crippen LogP contribution >= 0.6 is 0 Å². The van der Waals surface area contributed by atoms with Gasteiger partial charge in [-0.05, 0) is 12.3 Å². The number of carboxylic acid groups (broad SMARTS) is 1. The van der Waals surface area contributed by atoms with E-state index in [9.17, 15) is 14.4 Å². The number of nitrogens with one attached hydrogen (secondary N) is 1. The van der Waals surface area contributed by atoms with Crippen molar-refractivity contribution in [1.29, 1.82) is 0 Å². The first-order chi connectivity index (χ1) is 7.25. The van der Waals surface area contributed by atoms with Crippen LogP contribution in [0.25, 0.3) is 0 Å². The number of amides is 1. The van der Waals surface area contributed by atoms with Gasteiger partial charge in [-0.2, -0.15) is 0 Å². The van der Waals surface area contributed by atoms with Gasteiger partial charge in [0.05, 0.1) is 0 Å². The fraction of sp³-hybridized carbons (Fsp3) is 0.727. The van der Waals surface area contributed by atoms with Crippen molar-refractivity contribution in [1.82, 2.24) is 5.32 Å². The lowest BCUT2D eigenvalue weighted by atomic mass is 10.0. The summed E-state index contributed by atoms with van der Waals surface area (Å²) in [6, 6.07) is -0.991. The van der Waals surface area contributed by atoms with Gasteiger partial charge in [0.25, 0.3) is 5.91 Å². The molecule has 0 fully saturated rings. The molecular weight excluding hydrogens is 210 g/mol. The van der Waals surface area contributed by atoms with E-state index in [1.807, 2.05) is 13.8 Å². The zero-order valence-electron chi connectivity index (χ0n) is 10.1. The average molecular weight is 229 g/mol. The second-order valence-electron chi connectivity index (χ2n) is 4.51. The Morgan fingerprint density at radius 2 is 1.62 bits per heavy atom. The zero-order valence-corrected chi connectivity index (χ0v) is 10.1. The number of carboxylic acids is 1. The minimum Gasteiger partial charge on any atom is -0.480 e. The summed E-state index contributed by atoms with van der Waals surface area (Å²) in [5, 5.41) is 11.1. The molecule has 0 saturated heterocycles. The second kappa shape index (κ2) is 6.25. The van der Waals surface area contributed by atoms with E-state index in [1.165, 1.54) is 0 Å². The van der Waals surface area contributed by atoms with Crippen molar-refractivity contribution in [3.8, 4) is 0 Å². The summed E-state index contributed by atoms with van der Waals surface area (Å²) < 4.78 is 0. The van der Waals surface area contributed by atoms with Gasteiger partial charge in [-0.25, -0.2) is 4.79 Å². The number of hydrogen-bond acceptors (Lipinski definition) is 3. The highest BCUT2D eigenvalue weighted by molar-refractivity contribution is 6.37. The van der Waals surface area contributed by atoms with Gasteiger partial charge in [-0.1, -0.05) is 27.7 Å². The molecule has 0 aliphatic heterocycles. The predicted molar refractivity (Wildman–Crippen MR) is 58.9 cm³/mol. The van der Waals surface area contributed by atoms with Crippen LogP contribution in [0.4, 0.5) is 0 Å². The molecule has 0 aromatic heterocycles. The largest absolute Gasteiger partial charge is 0.480 e. The molecule has 1 atom stereocenters. The number of aliphatic carboxylic acids is 1. The molecule has 0 rings (SSSR count). The zero-order chi connectivity index (χ0) is 12.9. The fourth-order valence-electron chi connectivity index (χ4n) is 1.18. The molecule has 0 heterocycles. The first-order valence-electron chi connectivity index (χ1n) is 5.33. The third-order valence-electron chi connectivity index (χ3n) is 2.06. The lowest BCUT2D eigenvalue weighted by molar-refractivity contribution is -0.145. The third kappa shape index (κ3) is 4.91. The molecule has 0 radical (unpaired) electrons. The van der Waals surface area contributed by atoms with E-state index in [-0.39, 0.29) is 5.92 Å². The lowest BCUT2D eigenvalue weighted by Gasteiger charge is -2.16. The maximum Gasteiger partial charge on any atom is 0.326 e. The van der Waals surface area contributed by atoms with Crippen molar-refractivity contribution < 1.29 is 19.5 Å². The SMILES string of the molecule is CC(C)C[C@H](NC(=O)C(=O)C(C)C)C(=O)O. The third-order valence-corrected chi connectivity index (χ3v) is 2.06. The van der Waals surface area contributed by atoms with Gasteiger partial charge in [0, 0.05) is 5.92 Å². The average Bonchev–Trinajstić information content (AvgIpc) is 2.14. The van der Waals surface area contributed by atoms with Gasteiger partial charge < -0.3 is 10.4 Å². The number of carbonyl (C=O) groups excluding carboxylic acids is 2. The number of ketones is 1. The van der Waals surface area contributed by atoms with Crippen LogP contribution in [-0.4, -0.2) is 28.8 Å². The van der Waals surface area contributed by atoms with Crippen molar-refractivity contribution >= 4 is 17.7 Å². The van der Waals surface area contributed by atoms with E-state index in [4.69, 9.17) is 5.11 Å². The topological polar surface area (TPSA) is 83.5 Å². The molecule has 5 nitrogen and oxygen atoms in total. The molecule has 0 aromatic carbocycles. The van der Waals surface area contributed by atoms with Crippen molar-refractivity contribution in [3.63, 3.8) is 0 Å². The van der Waals surface area contributed by atoms with Crippen LogP contribution in [0.1, 0.15) is 34.1 Å². The number of Topliss-reactive ketones (excluding diaryl/α,β-unsaturated/α-hetero) is 1. The summed E-state index contributed by atoms with van der Waals surface area (Å²) in [6.07, 6.45) is 0.312. The molecule has 5 heteroatoms. The molecule has 16 heavy (non-hydrogen) atoms. The van der Waals surface area contributed by atoms with Crippen LogP contribution in [0.5, 0.6) is 0 Å². The Morgan fingerprint density at radius 3 is 1.94 bits per heavy atom. The van der Waals surface area contributed by atoms with Crippen LogP contribution in [0, 0.1) is 11.8 Å². The van der Waals surface area contributed by atoms with E-state index in [0.717, 1.165) is 0 Å². The summed E-state index contributed by atoms with van der Waals surface area (Å²) in [4.78, 5) is 33.5. The van der Waals surface area contributed by atoms with Gasteiger partial charge in [-0.3, -0.25) is 9.59 Å². The van der Waals surface area contributed by atoms with Crippen LogP contribution in [-0.2, 0) is 14.4 Å². The van der Waals surface area contributed by atoms with Gasteiger partial charge in [0.15, 0.2) is 0 Å². The molecule has 0 spiro atoms. The maximum atomic E-state index is 11.4. The van der Waals surface area contributed by atoms with Crippen molar-refractivity contribution in [2.24, 2.45) is 11.8 Å². The summed E-state index contributed by atoms with van der Waals surface area (Å²) >= 11 is 0.